The Morgan fingerprint density at radius 1 is 1.42 bits per heavy atom. The van der Waals surface area contributed by atoms with Gasteiger partial charge < -0.3 is 14.0 Å². The van der Waals surface area contributed by atoms with E-state index in [0.717, 1.165) is 6.42 Å². The molecular formula is C10H18N3O4PS. The molecule has 0 saturated heterocycles. The molecule has 1 aliphatic heterocycles. The number of hydrogen-bond acceptors (Lipinski definition) is 7. The average molecular weight is 307 g/mol. The summed E-state index contributed by atoms with van der Waals surface area (Å²) in [5.41, 5.74) is 1.16. The number of carbonyl (C=O) groups excluding carboxylic acids is 1. The normalized spacial score (nSPS) is 19.2. The summed E-state index contributed by atoms with van der Waals surface area (Å²) < 4.78 is 15.1. The zero-order chi connectivity index (χ0) is 14.5. The number of rotatable bonds is 5. The minimum Gasteiger partial charge on any atom is -0.468 e. The van der Waals surface area contributed by atoms with Gasteiger partial charge in [-0.25, -0.2) is 5.09 Å². The summed E-state index contributed by atoms with van der Waals surface area (Å²) in [5, 5.41) is 10.6. The summed E-state index contributed by atoms with van der Waals surface area (Å²) in [5.74, 6) is -0.413. The molecule has 0 aliphatic carbocycles. The first-order valence-corrected chi connectivity index (χ1v) is 8.48. The van der Waals surface area contributed by atoms with E-state index >= 15 is 0 Å². The van der Waals surface area contributed by atoms with Crippen molar-refractivity contribution in [2.75, 3.05) is 7.11 Å². The van der Waals surface area contributed by atoms with Crippen molar-refractivity contribution in [1.29, 1.82) is 0 Å². The molecule has 1 aliphatic rings. The summed E-state index contributed by atoms with van der Waals surface area (Å²) in [6.45, 7) is 2.44. The van der Waals surface area contributed by atoms with Crippen molar-refractivity contribution in [3.63, 3.8) is 0 Å². The van der Waals surface area contributed by atoms with E-state index in [1.807, 2.05) is 6.92 Å². The van der Waals surface area contributed by atoms with Crippen LogP contribution in [0.5, 0.6) is 0 Å². The van der Waals surface area contributed by atoms with Gasteiger partial charge in [-0.1, -0.05) is 23.7 Å². The second-order valence-electron chi connectivity index (χ2n) is 4.01. The van der Waals surface area contributed by atoms with E-state index in [4.69, 9.17) is 25.8 Å². The summed E-state index contributed by atoms with van der Waals surface area (Å²) >= 11 is 5.24. The fourth-order valence-corrected chi connectivity index (χ4v) is 3.06. The minimum absolute atomic E-state index is 0.413. The van der Waals surface area contributed by atoms with E-state index in [0.29, 0.717) is 17.8 Å². The van der Waals surface area contributed by atoms with Crippen molar-refractivity contribution in [3.8, 4) is 0 Å². The zero-order valence-electron chi connectivity index (χ0n) is 11.4. The molecule has 9 heteroatoms. The first-order valence-electron chi connectivity index (χ1n) is 5.84. The van der Waals surface area contributed by atoms with Crippen LogP contribution in [-0.4, -0.2) is 30.5 Å². The van der Waals surface area contributed by atoms with Crippen LogP contribution in [0.2, 0.25) is 0 Å². The smallest absolute Gasteiger partial charge is 0.408 e. The summed E-state index contributed by atoms with van der Waals surface area (Å²) in [6, 6.07) is -0.593. The van der Waals surface area contributed by atoms with Crippen LogP contribution in [0.15, 0.2) is 10.3 Å². The second-order valence-corrected chi connectivity index (χ2v) is 7.03. The number of nitrogens with one attached hydrogen (secondary N) is 1. The SMILES string of the molecule is CCCC(NP1(=S)ON=C(C)C(C)=NO1)C(=O)OC. The molecule has 0 fully saturated rings. The van der Waals surface area contributed by atoms with E-state index in [-0.39, 0.29) is 0 Å². The Balaban J connectivity index is 2.84. The molecule has 0 spiro atoms. The Labute approximate surface area is 117 Å². The third-order valence-corrected chi connectivity index (χ3v) is 4.41. The van der Waals surface area contributed by atoms with E-state index in [9.17, 15) is 4.79 Å². The molecule has 0 aromatic carbocycles. The van der Waals surface area contributed by atoms with Crippen molar-refractivity contribution in [2.24, 2.45) is 10.3 Å². The largest absolute Gasteiger partial charge is 0.468 e. The summed E-state index contributed by atoms with van der Waals surface area (Å²) in [6.07, 6.45) is 1.34. The molecule has 1 rings (SSSR count). The van der Waals surface area contributed by atoms with Gasteiger partial charge in [-0.05, 0) is 20.3 Å². The molecule has 0 radical (unpaired) electrons. The lowest BCUT2D eigenvalue weighted by molar-refractivity contribution is -0.142. The van der Waals surface area contributed by atoms with Gasteiger partial charge in [0.15, 0.2) is 0 Å². The molecule has 0 aromatic heterocycles. The molecule has 1 heterocycles. The van der Waals surface area contributed by atoms with Crippen molar-refractivity contribution in [3.05, 3.63) is 0 Å². The third kappa shape index (κ3) is 4.56. The Morgan fingerprint density at radius 3 is 2.37 bits per heavy atom. The Hall–Kier alpha value is -0.980. The molecule has 0 amide bonds. The molecule has 1 atom stereocenters. The van der Waals surface area contributed by atoms with Crippen LogP contribution in [0.3, 0.4) is 0 Å². The molecule has 7 nitrogen and oxygen atoms in total. The first-order chi connectivity index (χ1) is 8.91. The Kier molecular flexibility index (Phi) is 5.90. The number of methoxy groups -OCH3 is 1. The number of ether oxygens (including phenoxy) is 1. The fraction of sp³-hybridized carbons (Fsp3) is 0.700. The number of hydrogen-bond donors (Lipinski definition) is 1. The third-order valence-electron chi connectivity index (χ3n) is 2.47. The Morgan fingerprint density at radius 2 is 1.95 bits per heavy atom. The van der Waals surface area contributed by atoms with Crippen molar-refractivity contribution < 1.29 is 18.8 Å². The predicted molar refractivity (Wildman–Crippen MR) is 76.5 cm³/mol. The molecule has 1 N–H and O–H groups in total. The van der Waals surface area contributed by atoms with Crippen molar-refractivity contribution in [2.45, 2.75) is 39.7 Å². The summed E-state index contributed by atoms with van der Waals surface area (Å²) in [4.78, 5) is 11.6. The van der Waals surface area contributed by atoms with Crippen LogP contribution in [-0.2, 0) is 30.6 Å². The van der Waals surface area contributed by atoms with Gasteiger partial charge in [0.1, 0.15) is 17.5 Å². The highest BCUT2D eigenvalue weighted by atomic mass is 32.5. The molecular weight excluding hydrogens is 289 g/mol. The standard InChI is InChI=1S/C10H18N3O4PS/c1-5-6-9(10(14)15-4)13-18(19)16-11-7(2)8(3)12-17-18/h9H,5-6H2,1-4H3,(H,13,19). The quantitative estimate of drug-likeness (QED) is 0.617. The van der Waals surface area contributed by atoms with E-state index in [1.54, 1.807) is 13.8 Å². The lowest BCUT2D eigenvalue weighted by Crippen LogP contribution is -2.35. The van der Waals surface area contributed by atoms with Gasteiger partial charge in [-0.3, -0.25) is 4.79 Å². The molecule has 19 heavy (non-hydrogen) atoms. The fourth-order valence-electron chi connectivity index (χ4n) is 1.28. The van der Waals surface area contributed by atoms with Crippen molar-refractivity contribution >= 4 is 35.8 Å². The maximum Gasteiger partial charge on any atom is 0.408 e. The maximum atomic E-state index is 11.6. The average Bonchev–Trinajstić information content (AvgIpc) is 2.52. The van der Waals surface area contributed by atoms with Gasteiger partial charge in [0.2, 0.25) is 0 Å². The lowest BCUT2D eigenvalue weighted by atomic mass is 10.2. The number of esters is 1. The lowest BCUT2D eigenvalue weighted by Gasteiger charge is -2.21. The number of carbonyl (C=O) groups is 1. The highest BCUT2D eigenvalue weighted by molar-refractivity contribution is 8.08. The topological polar surface area (TPSA) is 81.5 Å². The number of oxime groups is 2. The molecule has 0 aromatic rings. The Bertz CT molecular complexity index is 428. The summed E-state index contributed by atoms with van der Waals surface area (Å²) in [7, 11) is 1.32. The van der Waals surface area contributed by atoms with E-state index < -0.39 is 18.7 Å². The van der Waals surface area contributed by atoms with E-state index in [1.165, 1.54) is 7.11 Å². The highest BCUT2D eigenvalue weighted by Crippen LogP contribution is 2.46. The molecule has 108 valence electrons. The van der Waals surface area contributed by atoms with Gasteiger partial charge in [0.25, 0.3) is 0 Å². The second kappa shape index (κ2) is 6.98. The monoisotopic (exact) mass is 307 g/mol. The first kappa shape index (κ1) is 16.1. The van der Waals surface area contributed by atoms with E-state index in [2.05, 4.69) is 15.4 Å². The van der Waals surface area contributed by atoms with Crippen LogP contribution in [0, 0.1) is 0 Å². The van der Waals surface area contributed by atoms with Crippen molar-refractivity contribution in [1.82, 2.24) is 5.09 Å². The van der Waals surface area contributed by atoms with Crippen LogP contribution in [0.25, 0.3) is 0 Å². The zero-order valence-corrected chi connectivity index (χ0v) is 13.1. The van der Waals surface area contributed by atoms with Gasteiger partial charge >= 0.3 is 12.6 Å². The van der Waals surface area contributed by atoms with Gasteiger partial charge in [0.05, 0.1) is 7.11 Å². The molecule has 0 saturated carbocycles. The van der Waals surface area contributed by atoms with Crippen LogP contribution < -0.4 is 5.09 Å². The maximum absolute atomic E-state index is 11.6. The highest BCUT2D eigenvalue weighted by Gasteiger charge is 2.32. The van der Waals surface area contributed by atoms with Crippen LogP contribution in [0.4, 0.5) is 0 Å². The molecule has 0 bridgehead atoms. The van der Waals surface area contributed by atoms with Gasteiger partial charge in [-0.2, -0.15) is 0 Å². The van der Waals surface area contributed by atoms with Gasteiger partial charge in [-0.15, -0.1) is 0 Å². The van der Waals surface area contributed by atoms with Crippen LogP contribution in [0.1, 0.15) is 33.6 Å². The predicted octanol–water partition coefficient (Wildman–Crippen LogP) is 1.94. The van der Waals surface area contributed by atoms with Gasteiger partial charge in [0, 0.05) is 11.8 Å². The molecule has 1 unspecified atom stereocenters. The van der Waals surface area contributed by atoms with Crippen LogP contribution >= 0.6 is 6.64 Å². The number of nitrogens with zero attached hydrogens (tertiary/aromatic N) is 2. The minimum atomic E-state index is -2.98.